The SMILES string of the molecule is C#CC[C@H](NC(=O)[C@H](Cc1cccc2ccccc12)NC(=O)OCCOCCOC)C(=O)[C@@H](CC(C)C)[C@H](O)C(N)C(=O)N[C@H](CO)[C@@H](C)CC. The van der Waals surface area contributed by atoms with E-state index in [1.54, 1.807) is 7.11 Å². The number of hydrogen-bond acceptors (Lipinski definition) is 10. The van der Waals surface area contributed by atoms with Gasteiger partial charge in [0.1, 0.15) is 18.7 Å². The van der Waals surface area contributed by atoms with Crippen molar-refractivity contribution in [3.05, 3.63) is 48.0 Å². The van der Waals surface area contributed by atoms with Crippen molar-refractivity contribution < 1.29 is 43.6 Å². The molecule has 0 heterocycles. The molecule has 13 heteroatoms. The molecule has 1 unspecified atom stereocenters. The summed E-state index contributed by atoms with van der Waals surface area (Å²) in [6.45, 7) is 7.89. The first-order valence-corrected chi connectivity index (χ1v) is 17.5. The van der Waals surface area contributed by atoms with Gasteiger partial charge in [0.25, 0.3) is 0 Å². The minimum absolute atomic E-state index is 0.0505. The number of alkyl carbamates (subject to hydrolysis) is 1. The molecule has 0 aliphatic rings. The molecule has 0 spiro atoms. The molecule has 13 nitrogen and oxygen atoms in total. The third-order valence-corrected chi connectivity index (χ3v) is 8.82. The number of amides is 3. The standard InChI is InChI=1S/C38H56N4O9/c1-7-12-30(34(44)29(21-24(3)4)35(45)33(39)37(47)41-32(23-43)25(5)8-2)40-36(46)31(42-38(48)51-20-19-50-18-17-49-6)22-27-15-11-14-26-13-9-10-16-28(26)27/h1,9-11,13-16,24-25,29-33,35,43,45H,8,12,17-23,39H2,2-6H3,(H,40,46)(H,41,47)(H,42,48)/t25-,29+,30-,31-,32+,33?,35-/m0/s1. The highest BCUT2D eigenvalue weighted by Crippen LogP contribution is 2.23. The van der Waals surface area contributed by atoms with E-state index < -0.39 is 59.9 Å². The number of rotatable bonds is 23. The Morgan fingerprint density at radius 3 is 2.25 bits per heavy atom. The molecule has 0 aromatic heterocycles. The molecule has 0 bridgehead atoms. The first-order chi connectivity index (χ1) is 24.4. The minimum Gasteiger partial charge on any atom is -0.447 e. The Bertz CT molecular complexity index is 1440. The largest absolute Gasteiger partial charge is 0.447 e. The molecule has 0 radical (unpaired) electrons. The highest BCUT2D eigenvalue weighted by Gasteiger charge is 2.39. The molecule has 0 aliphatic carbocycles. The third kappa shape index (κ3) is 13.9. The number of aliphatic hydroxyl groups is 2. The van der Waals surface area contributed by atoms with Gasteiger partial charge in [-0.1, -0.05) is 76.6 Å². The normalized spacial score (nSPS) is 15.5. The van der Waals surface area contributed by atoms with Crippen LogP contribution in [-0.2, 0) is 35.0 Å². The van der Waals surface area contributed by atoms with Crippen LogP contribution in [0.2, 0.25) is 0 Å². The first-order valence-electron chi connectivity index (χ1n) is 17.5. The van der Waals surface area contributed by atoms with Gasteiger partial charge in [0.15, 0.2) is 5.78 Å². The molecule has 3 amide bonds. The molecule has 0 fully saturated rings. The average molecular weight is 713 g/mol. The zero-order valence-corrected chi connectivity index (χ0v) is 30.4. The lowest BCUT2D eigenvalue weighted by molar-refractivity contribution is -0.136. The number of Topliss-reactive ketones (excluding diaryl/α,β-unsaturated/α-hetero) is 1. The molecule has 7 atom stereocenters. The van der Waals surface area contributed by atoms with Gasteiger partial charge in [0, 0.05) is 25.9 Å². The summed E-state index contributed by atoms with van der Waals surface area (Å²) in [6, 6.07) is 8.65. The maximum Gasteiger partial charge on any atom is 0.407 e. The van der Waals surface area contributed by atoms with Crippen LogP contribution >= 0.6 is 0 Å². The third-order valence-electron chi connectivity index (χ3n) is 8.82. The predicted molar refractivity (Wildman–Crippen MR) is 194 cm³/mol. The van der Waals surface area contributed by atoms with Gasteiger partial charge in [-0.15, -0.1) is 12.3 Å². The fourth-order valence-electron chi connectivity index (χ4n) is 5.66. The van der Waals surface area contributed by atoms with Gasteiger partial charge in [-0.05, 0) is 34.6 Å². The highest BCUT2D eigenvalue weighted by molar-refractivity contribution is 5.95. The van der Waals surface area contributed by atoms with Crippen LogP contribution in [0.4, 0.5) is 4.79 Å². The second-order valence-corrected chi connectivity index (χ2v) is 13.1. The number of ether oxygens (including phenoxy) is 3. The van der Waals surface area contributed by atoms with Crippen LogP contribution < -0.4 is 21.7 Å². The van der Waals surface area contributed by atoms with Crippen molar-refractivity contribution in [2.24, 2.45) is 23.5 Å². The lowest BCUT2D eigenvalue weighted by Gasteiger charge is -2.32. The summed E-state index contributed by atoms with van der Waals surface area (Å²) in [4.78, 5) is 54.0. The summed E-state index contributed by atoms with van der Waals surface area (Å²) in [5.74, 6) is -0.952. The average Bonchev–Trinajstić information content (AvgIpc) is 3.12. The number of nitrogens with two attached hydrogens (primary N) is 1. The summed E-state index contributed by atoms with van der Waals surface area (Å²) in [6.07, 6.45) is 3.80. The number of benzene rings is 2. The van der Waals surface area contributed by atoms with Crippen molar-refractivity contribution in [3.63, 3.8) is 0 Å². The van der Waals surface area contributed by atoms with Crippen LogP contribution in [0, 0.1) is 30.1 Å². The molecule has 51 heavy (non-hydrogen) atoms. The minimum atomic E-state index is -1.63. The Hall–Kier alpha value is -4.06. The second-order valence-electron chi connectivity index (χ2n) is 13.1. The van der Waals surface area contributed by atoms with Crippen molar-refractivity contribution >= 4 is 34.5 Å². The Kier molecular flexibility index (Phi) is 19.2. The Labute approximate surface area is 301 Å². The molecule has 0 saturated heterocycles. The molecule has 2 rings (SSSR count). The number of terminal acetylenes is 1. The van der Waals surface area contributed by atoms with Crippen molar-refractivity contribution in [2.45, 2.75) is 83.6 Å². The van der Waals surface area contributed by atoms with Gasteiger partial charge in [-0.2, -0.15) is 0 Å². The van der Waals surface area contributed by atoms with Crippen molar-refractivity contribution in [1.82, 2.24) is 16.0 Å². The lowest BCUT2D eigenvalue weighted by Crippen LogP contribution is -2.58. The van der Waals surface area contributed by atoms with Gasteiger partial charge in [0.2, 0.25) is 11.8 Å². The lowest BCUT2D eigenvalue weighted by atomic mass is 9.82. The van der Waals surface area contributed by atoms with Crippen LogP contribution in [-0.4, -0.2) is 104 Å². The molecule has 0 saturated carbocycles. The molecule has 2 aromatic rings. The van der Waals surface area contributed by atoms with Crippen molar-refractivity contribution in [1.29, 1.82) is 0 Å². The van der Waals surface area contributed by atoms with Crippen molar-refractivity contribution in [2.75, 3.05) is 40.1 Å². The maximum atomic E-state index is 14.1. The smallest absolute Gasteiger partial charge is 0.407 e. The molecular weight excluding hydrogens is 656 g/mol. The number of nitrogens with one attached hydrogen (secondary N) is 3. The number of ketones is 1. The molecule has 282 valence electrons. The van der Waals surface area contributed by atoms with E-state index >= 15 is 0 Å². The van der Waals surface area contributed by atoms with Crippen LogP contribution in [0.15, 0.2) is 42.5 Å². The van der Waals surface area contributed by atoms with Crippen LogP contribution in [0.25, 0.3) is 10.8 Å². The fourth-order valence-corrected chi connectivity index (χ4v) is 5.66. The summed E-state index contributed by atoms with van der Waals surface area (Å²) in [7, 11) is 1.54. The Morgan fingerprint density at radius 2 is 1.61 bits per heavy atom. The van der Waals surface area contributed by atoms with Crippen LogP contribution in [0.1, 0.15) is 52.5 Å². The number of aliphatic hydroxyl groups excluding tert-OH is 2. The molecular formula is C38H56N4O9. The molecule has 2 aromatic carbocycles. The number of hydrogen-bond donors (Lipinski definition) is 6. The van der Waals surface area contributed by atoms with Gasteiger partial charge in [-0.3, -0.25) is 14.4 Å². The van der Waals surface area contributed by atoms with Gasteiger partial charge in [0.05, 0.1) is 44.6 Å². The van der Waals surface area contributed by atoms with E-state index in [0.717, 1.165) is 16.3 Å². The summed E-state index contributed by atoms with van der Waals surface area (Å²) in [5.41, 5.74) is 6.97. The zero-order chi connectivity index (χ0) is 37.9. The Balaban J connectivity index is 2.33. The van der Waals surface area contributed by atoms with E-state index in [1.165, 1.54) is 0 Å². The fraction of sp³-hybridized carbons (Fsp3) is 0.579. The van der Waals surface area contributed by atoms with Crippen LogP contribution in [0.3, 0.4) is 0 Å². The van der Waals surface area contributed by atoms with Crippen molar-refractivity contribution in [3.8, 4) is 12.3 Å². The van der Waals surface area contributed by atoms with Gasteiger partial charge < -0.3 is 46.1 Å². The number of carbonyl (C=O) groups excluding carboxylic acids is 4. The van der Waals surface area contributed by atoms with E-state index in [4.69, 9.17) is 26.4 Å². The summed E-state index contributed by atoms with van der Waals surface area (Å²) >= 11 is 0. The molecule has 0 aliphatic heterocycles. The Morgan fingerprint density at radius 1 is 0.922 bits per heavy atom. The summed E-state index contributed by atoms with van der Waals surface area (Å²) in [5, 5.41) is 30.9. The van der Waals surface area contributed by atoms with E-state index in [2.05, 4.69) is 21.9 Å². The van der Waals surface area contributed by atoms with Crippen LogP contribution in [0.5, 0.6) is 0 Å². The van der Waals surface area contributed by atoms with E-state index in [1.807, 2.05) is 70.2 Å². The monoisotopic (exact) mass is 712 g/mol. The predicted octanol–water partition coefficient (Wildman–Crippen LogP) is 2.09. The number of carbonyl (C=O) groups is 4. The van der Waals surface area contributed by atoms with E-state index in [0.29, 0.717) is 19.6 Å². The second kappa shape index (κ2) is 22.7. The summed E-state index contributed by atoms with van der Waals surface area (Å²) < 4.78 is 15.5. The molecule has 7 N–H and O–H groups in total. The number of fused-ring (bicyclic) bond motifs is 1. The van der Waals surface area contributed by atoms with Gasteiger partial charge >= 0.3 is 6.09 Å². The zero-order valence-electron chi connectivity index (χ0n) is 30.4. The first kappa shape index (κ1) is 43.1. The van der Waals surface area contributed by atoms with Gasteiger partial charge in [-0.25, -0.2) is 4.79 Å². The van der Waals surface area contributed by atoms with E-state index in [9.17, 15) is 29.4 Å². The quantitative estimate of drug-likeness (QED) is 0.0733. The topological polar surface area (TPSA) is 199 Å². The number of methoxy groups -OCH3 is 1. The van der Waals surface area contributed by atoms with E-state index in [-0.39, 0.29) is 50.9 Å². The maximum absolute atomic E-state index is 14.1. The highest BCUT2D eigenvalue weighted by atomic mass is 16.6.